The highest BCUT2D eigenvalue weighted by Crippen LogP contribution is 2.53. The van der Waals surface area contributed by atoms with Crippen LogP contribution in [0.2, 0.25) is 0 Å². The maximum Gasteiger partial charge on any atom is 0.187 e. The van der Waals surface area contributed by atoms with Crippen molar-refractivity contribution in [2.75, 3.05) is 0 Å². The molecule has 2 aromatic rings. The molecule has 1 saturated carbocycles. The molecule has 1 fully saturated rings. The Balaban J connectivity index is 1.93. The van der Waals surface area contributed by atoms with Crippen LogP contribution in [-0.4, -0.2) is 10.8 Å². The summed E-state index contributed by atoms with van der Waals surface area (Å²) in [4.78, 5) is 17.2. The summed E-state index contributed by atoms with van der Waals surface area (Å²) in [6, 6.07) is 14.2. The molecule has 0 saturated heterocycles. The zero-order valence-electron chi connectivity index (χ0n) is 12.7. The number of benzene rings is 1. The predicted octanol–water partition coefficient (Wildman–Crippen LogP) is 4.55. The number of Topliss-reactive ketones (excluding diaryl/α,β-unsaturated/α-hetero) is 1. The number of rotatable bonds is 4. The number of hydrogen-bond donors (Lipinski definition) is 0. The summed E-state index contributed by atoms with van der Waals surface area (Å²) in [7, 11) is 0. The van der Waals surface area contributed by atoms with Gasteiger partial charge in [-0.05, 0) is 43.4 Å². The minimum Gasteiger partial charge on any atom is -0.292 e. The van der Waals surface area contributed by atoms with E-state index in [-0.39, 0.29) is 17.1 Å². The summed E-state index contributed by atoms with van der Waals surface area (Å²) in [5.74, 6) is 0.448. The molecule has 0 aliphatic heterocycles. The van der Waals surface area contributed by atoms with Crippen molar-refractivity contribution >= 4 is 5.78 Å². The van der Waals surface area contributed by atoms with Gasteiger partial charge in [0.05, 0.1) is 0 Å². The van der Waals surface area contributed by atoms with Gasteiger partial charge in [-0.1, -0.05) is 49.2 Å². The molecule has 1 aliphatic carbocycles. The highest BCUT2D eigenvalue weighted by Gasteiger charge is 2.49. The van der Waals surface area contributed by atoms with Crippen molar-refractivity contribution in [2.24, 2.45) is 5.41 Å². The first-order valence-electron chi connectivity index (χ1n) is 7.66. The van der Waals surface area contributed by atoms with Crippen LogP contribution in [0.3, 0.4) is 0 Å². The third kappa shape index (κ3) is 2.39. The molecule has 2 nitrogen and oxygen atoms in total. The van der Waals surface area contributed by atoms with Gasteiger partial charge in [0.1, 0.15) is 5.69 Å². The molecule has 1 unspecified atom stereocenters. The Labute approximate surface area is 126 Å². The standard InChI is InChI=1S/C19H21NO/c1-14-7-9-16(10-8-14)15(2)19(11-5-12-19)18(21)17-6-3-4-13-20-17/h3-4,6-10,13,15H,5,11-12H2,1-2H3. The first-order chi connectivity index (χ1) is 10.1. The summed E-state index contributed by atoms with van der Waals surface area (Å²) in [5, 5.41) is 0. The Morgan fingerprint density at radius 3 is 2.38 bits per heavy atom. The molecule has 0 N–H and O–H groups in total. The lowest BCUT2D eigenvalue weighted by atomic mass is 9.57. The van der Waals surface area contributed by atoms with Crippen molar-refractivity contribution < 1.29 is 4.79 Å². The second-order valence-electron chi connectivity index (χ2n) is 6.19. The van der Waals surface area contributed by atoms with Gasteiger partial charge in [-0.15, -0.1) is 0 Å². The summed E-state index contributed by atoms with van der Waals surface area (Å²) in [5.41, 5.74) is 2.86. The fourth-order valence-electron chi connectivity index (χ4n) is 3.34. The number of carbonyl (C=O) groups is 1. The normalized spacial score (nSPS) is 17.8. The van der Waals surface area contributed by atoms with Gasteiger partial charge in [0.25, 0.3) is 0 Å². The van der Waals surface area contributed by atoms with Crippen molar-refractivity contribution in [2.45, 2.75) is 39.0 Å². The van der Waals surface area contributed by atoms with Crippen LogP contribution in [0.4, 0.5) is 0 Å². The van der Waals surface area contributed by atoms with Crippen LogP contribution in [0.1, 0.15) is 53.7 Å². The number of pyridine rings is 1. The van der Waals surface area contributed by atoms with E-state index < -0.39 is 0 Å². The van der Waals surface area contributed by atoms with E-state index in [1.165, 1.54) is 11.1 Å². The van der Waals surface area contributed by atoms with Gasteiger partial charge in [-0.2, -0.15) is 0 Å². The van der Waals surface area contributed by atoms with Crippen molar-refractivity contribution in [1.82, 2.24) is 4.98 Å². The highest BCUT2D eigenvalue weighted by molar-refractivity contribution is 6.00. The van der Waals surface area contributed by atoms with Crippen LogP contribution in [0.25, 0.3) is 0 Å². The molecule has 108 valence electrons. The minimum absolute atomic E-state index is 0.211. The third-order valence-electron chi connectivity index (χ3n) is 5.00. The topological polar surface area (TPSA) is 30.0 Å². The first kappa shape index (κ1) is 14.0. The van der Waals surface area contributed by atoms with Gasteiger partial charge >= 0.3 is 0 Å². The highest BCUT2D eigenvalue weighted by atomic mass is 16.1. The maximum atomic E-state index is 13.0. The van der Waals surface area contributed by atoms with Crippen molar-refractivity contribution in [3.8, 4) is 0 Å². The van der Waals surface area contributed by atoms with Gasteiger partial charge < -0.3 is 0 Å². The maximum absolute atomic E-state index is 13.0. The molecule has 0 radical (unpaired) electrons. The molecule has 1 aromatic heterocycles. The molecule has 0 amide bonds. The largest absolute Gasteiger partial charge is 0.292 e. The van der Waals surface area contributed by atoms with E-state index >= 15 is 0 Å². The quantitative estimate of drug-likeness (QED) is 0.769. The molecule has 3 rings (SSSR count). The fourth-order valence-corrected chi connectivity index (χ4v) is 3.34. The Bertz CT molecular complexity index is 626. The zero-order valence-corrected chi connectivity index (χ0v) is 12.7. The molecule has 1 aromatic carbocycles. The number of aryl methyl sites for hydroxylation is 1. The van der Waals surface area contributed by atoms with Crippen molar-refractivity contribution in [1.29, 1.82) is 0 Å². The van der Waals surface area contributed by atoms with Crippen LogP contribution in [-0.2, 0) is 0 Å². The Hall–Kier alpha value is -1.96. The van der Waals surface area contributed by atoms with Gasteiger partial charge in [0.15, 0.2) is 5.78 Å². The smallest absolute Gasteiger partial charge is 0.187 e. The lowest BCUT2D eigenvalue weighted by Gasteiger charge is -2.45. The summed E-state index contributed by atoms with van der Waals surface area (Å²) in [6.07, 6.45) is 4.78. The first-order valence-corrected chi connectivity index (χ1v) is 7.66. The van der Waals surface area contributed by atoms with Gasteiger partial charge in [-0.3, -0.25) is 9.78 Å². The van der Waals surface area contributed by atoms with Crippen LogP contribution in [0, 0.1) is 12.3 Å². The molecule has 0 spiro atoms. The molecule has 1 aliphatic rings. The summed E-state index contributed by atoms with van der Waals surface area (Å²) in [6.45, 7) is 4.28. The lowest BCUT2D eigenvalue weighted by Crippen LogP contribution is -2.42. The molecule has 2 heteroatoms. The average Bonchev–Trinajstić information content (AvgIpc) is 2.47. The second-order valence-corrected chi connectivity index (χ2v) is 6.19. The van der Waals surface area contributed by atoms with E-state index in [1.807, 2.05) is 18.2 Å². The molecule has 1 heterocycles. The Morgan fingerprint density at radius 1 is 1.14 bits per heavy atom. The Kier molecular flexibility index (Phi) is 3.62. The van der Waals surface area contributed by atoms with E-state index in [0.717, 1.165) is 19.3 Å². The van der Waals surface area contributed by atoms with E-state index in [1.54, 1.807) is 6.20 Å². The molecular weight excluding hydrogens is 258 g/mol. The molecule has 1 atom stereocenters. The SMILES string of the molecule is Cc1ccc(C(C)C2(C(=O)c3ccccn3)CCC2)cc1. The molecule has 0 bridgehead atoms. The van der Waals surface area contributed by atoms with Crippen LogP contribution in [0.15, 0.2) is 48.7 Å². The van der Waals surface area contributed by atoms with Gasteiger partial charge in [-0.25, -0.2) is 0 Å². The van der Waals surface area contributed by atoms with Gasteiger partial charge in [0.2, 0.25) is 0 Å². The average molecular weight is 279 g/mol. The Morgan fingerprint density at radius 2 is 1.86 bits per heavy atom. The molecular formula is C19H21NO. The number of aromatic nitrogens is 1. The van der Waals surface area contributed by atoms with E-state index in [0.29, 0.717) is 5.69 Å². The minimum atomic E-state index is -0.260. The predicted molar refractivity (Wildman–Crippen MR) is 84.4 cm³/mol. The van der Waals surface area contributed by atoms with E-state index in [4.69, 9.17) is 0 Å². The fraction of sp³-hybridized carbons (Fsp3) is 0.368. The molecule has 21 heavy (non-hydrogen) atoms. The summed E-state index contributed by atoms with van der Waals surface area (Å²) >= 11 is 0. The zero-order chi connectivity index (χ0) is 14.9. The number of carbonyl (C=O) groups excluding carboxylic acids is 1. The van der Waals surface area contributed by atoms with Gasteiger partial charge in [0, 0.05) is 11.6 Å². The van der Waals surface area contributed by atoms with Crippen molar-refractivity contribution in [3.63, 3.8) is 0 Å². The third-order valence-corrected chi connectivity index (χ3v) is 5.00. The second kappa shape index (κ2) is 5.44. The number of ketones is 1. The van der Waals surface area contributed by atoms with Crippen molar-refractivity contribution in [3.05, 3.63) is 65.5 Å². The summed E-state index contributed by atoms with van der Waals surface area (Å²) < 4.78 is 0. The van der Waals surface area contributed by atoms with E-state index in [9.17, 15) is 4.79 Å². The number of hydrogen-bond acceptors (Lipinski definition) is 2. The lowest BCUT2D eigenvalue weighted by molar-refractivity contribution is 0.0522. The van der Waals surface area contributed by atoms with E-state index in [2.05, 4.69) is 43.1 Å². The van der Waals surface area contributed by atoms with Crippen LogP contribution < -0.4 is 0 Å². The van der Waals surface area contributed by atoms with Crippen LogP contribution >= 0.6 is 0 Å². The monoisotopic (exact) mass is 279 g/mol. The van der Waals surface area contributed by atoms with Crippen LogP contribution in [0.5, 0.6) is 0 Å². The number of nitrogens with zero attached hydrogens (tertiary/aromatic N) is 1.